The number of methoxy groups -OCH3 is 1. The van der Waals surface area contributed by atoms with E-state index in [0.717, 1.165) is 23.2 Å². The summed E-state index contributed by atoms with van der Waals surface area (Å²) in [6.45, 7) is 0. The Morgan fingerprint density at radius 1 is 1.36 bits per heavy atom. The number of carbonyl (C=O) groups is 1. The lowest BCUT2D eigenvalue weighted by atomic mass is 9.94. The average molecular weight is 312 g/mol. The van der Waals surface area contributed by atoms with Crippen molar-refractivity contribution in [2.75, 3.05) is 7.11 Å². The number of hydrogen-bond donors (Lipinski definition) is 2. The number of nitrogens with one attached hydrogen (secondary N) is 1. The molecule has 0 saturated heterocycles. The zero-order chi connectivity index (χ0) is 15.3. The first-order valence-corrected chi connectivity index (χ1v) is 8.06. The second kappa shape index (κ2) is 4.97. The molecule has 1 atom stereocenters. The molecule has 0 saturated carbocycles. The number of esters is 1. The molecule has 2 heterocycles. The van der Waals surface area contributed by atoms with E-state index in [-0.39, 0.29) is 0 Å². The summed E-state index contributed by atoms with van der Waals surface area (Å²) in [5.74, 6) is -0.393. The molecule has 3 aromatic rings. The second-order valence-electron chi connectivity index (χ2n) is 5.51. The molecule has 0 aliphatic heterocycles. The van der Waals surface area contributed by atoms with Gasteiger partial charge in [-0.15, -0.1) is 11.3 Å². The number of thiophene rings is 1. The van der Waals surface area contributed by atoms with Crippen molar-refractivity contribution in [3.63, 3.8) is 0 Å². The Bertz CT molecular complexity index is 878. The summed E-state index contributed by atoms with van der Waals surface area (Å²) < 4.78 is 4.75. The highest BCUT2D eigenvalue weighted by Crippen LogP contribution is 2.42. The van der Waals surface area contributed by atoms with E-state index in [1.165, 1.54) is 34.2 Å². The van der Waals surface area contributed by atoms with Crippen molar-refractivity contribution in [1.82, 2.24) is 4.98 Å². The Labute approximate surface area is 131 Å². The monoisotopic (exact) mass is 312 g/mol. The van der Waals surface area contributed by atoms with Crippen LogP contribution in [0.15, 0.2) is 30.3 Å². The first kappa shape index (κ1) is 13.5. The van der Waals surface area contributed by atoms with E-state index in [2.05, 4.69) is 23.2 Å². The van der Waals surface area contributed by atoms with Crippen molar-refractivity contribution in [1.29, 1.82) is 0 Å². The van der Waals surface area contributed by atoms with E-state index < -0.39 is 12.0 Å². The highest BCUT2D eigenvalue weighted by molar-refractivity contribution is 7.12. The molecular weight excluding hydrogens is 296 g/mol. The highest BCUT2D eigenvalue weighted by Gasteiger charge is 2.26. The van der Waals surface area contributed by atoms with E-state index in [9.17, 15) is 4.79 Å². The molecular formula is C17H16N2O2S. The molecule has 0 amide bonds. The minimum absolute atomic E-state index is 0.393. The maximum absolute atomic E-state index is 11.7. The smallest absolute Gasteiger partial charge is 0.328 e. The predicted octanol–water partition coefficient (Wildman–Crippen LogP) is 3.17. The third kappa shape index (κ3) is 1.90. The van der Waals surface area contributed by atoms with Crippen molar-refractivity contribution in [2.45, 2.75) is 18.9 Å². The summed E-state index contributed by atoms with van der Waals surface area (Å²) in [6.07, 6.45) is 2.00. The van der Waals surface area contributed by atoms with Crippen LogP contribution in [0.2, 0.25) is 0 Å². The molecule has 4 rings (SSSR count). The maximum Gasteiger partial charge on any atom is 0.328 e. The molecule has 22 heavy (non-hydrogen) atoms. The molecule has 5 heteroatoms. The Morgan fingerprint density at radius 3 is 3.00 bits per heavy atom. The van der Waals surface area contributed by atoms with Crippen LogP contribution in [0.4, 0.5) is 0 Å². The summed E-state index contributed by atoms with van der Waals surface area (Å²) in [5, 5.41) is 1.29. The van der Waals surface area contributed by atoms with Gasteiger partial charge in [-0.2, -0.15) is 0 Å². The van der Waals surface area contributed by atoms with Crippen molar-refractivity contribution in [3.05, 3.63) is 45.6 Å². The largest absolute Gasteiger partial charge is 0.468 e. The molecule has 1 unspecified atom stereocenters. The van der Waals surface area contributed by atoms with Gasteiger partial charge in [0.05, 0.1) is 12.8 Å². The Hall–Kier alpha value is -2.11. The first-order valence-electron chi connectivity index (χ1n) is 7.25. The van der Waals surface area contributed by atoms with Crippen LogP contribution >= 0.6 is 11.3 Å². The van der Waals surface area contributed by atoms with E-state index in [4.69, 9.17) is 10.5 Å². The Balaban J connectivity index is 1.85. The van der Waals surface area contributed by atoms with Gasteiger partial charge in [-0.25, -0.2) is 4.79 Å². The van der Waals surface area contributed by atoms with Crippen LogP contribution in [-0.2, 0) is 22.4 Å². The Morgan fingerprint density at radius 2 is 2.18 bits per heavy atom. The van der Waals surface area contributed by atoms with Gasteiger partial charge in [0.25, 0.3) is 0 Å². The minimum Gasteiger partial charge on any atom is -0.468 e. The van der Waals surface area contributed by atoms with Gasteiger partial charge in [-0.05, 0) is 30.5 Å². The summed E-state index contributed by atoms with van der Waals surface area (Å²) in [7, 11) is 1.37. The van der Waals surface area contributed by atoms with Gasteiger partial charge in [-0.1, -0.05) is 18.2 Å². The van der Waals surface area contributed by atoms with Crippen LogP contribution < -0.4 is 5.73 Å². The number of hydrogen-bond acceptors (Lipinski definition) is 4. The normalized spacial score (nSPS) is 14.5. The third-order valence-corrected chi connectivity index (χ3v) is 5.55. The van der Waals surface area contributed by atoms with Crippen LogP contribution in [-0.4, -0.2) is 18.1 Å². The van der Waals surface area contributed by atoms with Gasteiger partial charge in [0.2, 0.25) is 0 Å². The molecule has 1 aliphatic rings. The molecule has 0 spiro atoms. The van der Waals surface area contributed by atoms with Crippen LogP contribution in [0.1, 0.15) is 21.4 Å². The van der Waals surface area contributed by atoms with E-state index >= 15 is 0 Å². The predicted molar refractivity (Wildman–Crippen MR) is 88.0 cm³/mol. The standard InChI is InChI=1S/C17H16N2O2S/c1-21-17(20)15(18)14-8-11-13(22-14)7-6-10-9-4-2-3-5-12(9)19-16(10)11/h2-5,8,15,19H,6-7,18H2,1H3. The van der Waals surface area contributed by atoms with Crippen LogP contribution in [0.3, 0.4) is 0 Å². The van der Waals surface area contributed by atoms with E-state index in [1.807, 2.05) is 12.1 Å². The lowest BCUT2D eigenvalue weighted by molar-refractivity contribution is -0.142. The third-order valence-electron chi connectivity index (χ3n) is 4.27. The first-order chi connectivity index (χ1) is 10.7. The lowest BCUT2D eigenvalue weighted by Gasteiger charge is -2.11. The van der Waals surface area contributed by atoms with Gasteiger partial charge in [0.1, 0.15) is 6.04 Å². The Kier molecular flexibility index (Phi) is 3.06. The van der Waals surface area contributed by atoms with Gasteiger partial charge < -0.3 is 15.5 Å². The molecule has 0 bridgehead atoms. The number of rotatable bonds is 2. The number of nitrogens with two attached hydrogens (primary N) is 1. The van der Waals surface area contributed by atoms with Crippen molar-refractivity contribution < 1.29 is 9.53 Å². The fraction of sp³-hybridized carbons (Fsp3) is 0.235. The van der Waals surface area contributed by atoms with Crippen LogP contribution in [0, 0.1) is 0 Å². The molecule has 0 radical (unpaired) electrons. The fourth-order valence-electron chi connectivity index (χ4n) is 3.17. The number of ether oxygens (including phenoxy) is 1. The van der Waals surface area contributed by atoms with Crippen LogP contribution in [0.25, 0.3) is 22.2 Å². The zero-order valence-corrected chi connectivity index (χ0v) is 13.0. The quantitative estimate of drug-likeness (QED) is 0.714. The number of para-hydroxylation sites is 1. The summed E-state index contributed by atoms with van der Waals surface area (Å²) in [6, 6.07) is 9.70. The number of H-pyrrole nitrogens is 1. The fourth-order valence-corrected chi connectivity index (χ4v) is 4.33. The molecule has 4 nitrogen and oxygen atoms in total. The van der Waals surface area contributed by atoms with Crippen molar-refractivity contribution in [3.8, 4) is 11.3 Å². The summed E-state index contributed by atoms with van der Waals surface area (Å²) >= 11 is 1.61. The second-order valence-corrected chi connectivity index (χ2v) is 6.68. The summed E-state index contributed by atoms with van der Waals surface area (Å²) in [5.41, 5.74) is 10.8. The van der Waals surface area contributed by atoms with Crippen LogP contribution in [0.5, 0.6) is 0 Å². The number of aromatic nitrogens is 1. The number of fused-ring (bicyclic) bond motifs is 5. The topological polar surface area (TPSA) is 68.1 Å². The minimum atomic E-state index is -0.701. The molecule has 112 valence electrons. The molecule has 0 fully saturated rings. The molecule has 1 aliphatic carbocycles. The molecule has 1 aromatic carbocycles. The SMILES string of the molecule is COC(=O)C(N)c1cc2c(s1)CCc1c-2[nH]c2ccccc12. The number of aryl methyl sites for hydroxylation is 2. The number of benzene rings is 1. The zero-order valence-electron chi connectivity index (χ0n) is 12.2. The summed E-state index contributed by atoms with van der Waals surface area (Å²) in [4.78, 5) is 17.3. The maximum atomic E-state index is 11.7. The van der Waals surface area contributed by atoms with Gasteiger partial charge in [-0.3, -0.25) is 0 Å². The number of aromatic amines is 1. The van der Waals surface area contributed by atoms with E-state index in [1.54, 1.807) is 11.3 Å². The average Bonchev–Trinajstić information content (AvgIpc) is 3.14. The number of carbonyl (C=O) groups excluding carboxylic acids is 1. The van der Waals surface area contributed by atoms with Gasteiger partial charge in [0, 0.05) is 26.2 Å². The van der Waals surface area contributed by atoms with Crippen molar-refractivity contribution >= 4 is 28.2 Å². The highest BCUT2D eigenvalue weighted by atomic mass is 32.1. The van der Waals surface area contributed by atoms with Crippen molar-refractivity contribution in [2.24, 2.45) is 5.73 Å². The van der Waals surface area contributed by atoms with Gasteiger partial charge >= 0.3 is 5.97 Å². The molecule has 3 N–H and O–H groups in total. The molecule has 2 aromatic heterocycles. The lowest BCUT2D eigenvalue weighted by Crippen LogP contribution is -2.21. The van der Waals surface area contributed by atoms with E-state index in [0.29, 0.717) is 0 Å². The van der Waals surface area contributed by atoms with Gasteiger partial charge in [0.15, 0.2) is 0 Å².